The standard InChI is InChI=1S/C25H31FN4O2/c1-25(2,3)32-24(31)29-15-13-20(14-16-29)28(4)23-27-21-7-5-6-8-22(21)30(23)17-18-9-11-19(26)12-10-18/h5-12,20H,13-17H2,1-4H3. The van der Waals surface area contributed by atoms with E-state index in [1.54, 1.807) is 4.90 Å². The Labute approximate surface area is 188 Å². The number of fused-ring (bicyclic) bond motifs is 1. The summed E-state index contributed by atoms with van der Waals surface area (Å²) in [7, 11) is 2.07. The van der Waals surface area contributed by atoms with Gasteiger partial charge >= 0.3 is 6.09 Å². The first kappa shape index (κ1) is 22.1. The van der Waals surface area contributed by atoms with E-state index < -0.39 is 5.60 Å². The number of halogens is 1. The third-order valence-corrected chi connectivity index (χ3v) is 5.87. The van der Waals surface area contributed by atoms with Crippen molar-refractivity contribution in [1.29, 1.82) is 0 Å². The van der Waals surface area contributed by atoms with Crippen LogP contribution in [0.25, 0.3) is 11.0 Å². The number of nitrogens with zero attached hydrogens (tertiary/aromatic N) is 4. The van der Waals surface area contributed by atoms with Gasteiger partial charge in [0.2, 0.25) is 5.95 Å². The smallest absolute Gasteiger partial charge is 0.410 e. The first-order chi connectivity index (χ1) is 15.2. The van der Waals surface area contributed by atoms with Gasteiger partial charge in [-0.2, -0.15) is 0 Å². The van der Waals surface area contributed by atoms with E-state index in [0.717, 1.165) is 35.4 Å². The second kappa shape index (κ2) is 8.81. The topological polar surface area (TPSA) is 50.6 Å². The van der Waals surface area contributed by atoms with Gasteiger partial charge in [-0.1, -0.05) is 24.3 Å². The van der Waals surface area contributed by atoms with Crippen LogP contribution in [0.4, 0.5) is 15.1 Å². The van der Waals surface area contributed by atoms with E-state index in [1.165, 1.54) is 12.1 Å². The normalized spacial score (nSPS) is 15.2. The van der Waals surface area contributed by atoms with E-state index in [1.807, 2.05) is 51.1 Å². The highest BCUT2D eigenvalue weighted by molar-refractivity contribution is 5.79. The molecule has 0 bridgehead atoms. The molecule has 170 valence electrons. The van der Waals surface area contributed by atoms with Gasteiger partial charge in [0.25, 0.3) is 0 Å². The van der Waals surface area contributed by atoms with Crippen LogP contribution >= 0.6 is 0 Å². The lowest BCUT2D eigenvalue weighted by Crippen LogP contribution is -2.47. The number of carbonyl (C=O) groups is 1. The second-order valence-electron chi connectivity index (χ2n) is 9.42. The van der Waals surface area contributed by atoms with Crippen molar-refractivity contribution in [2.24, 2.45) is 0 Å². The molecule has 0 N–H and O–H groups in total. The van der Waals surface area contributed by atoms with Gasteiger partial charge in [-0.3, -0.25) is 0 Å². The molecule has 1 aromatic heterocycles. The number of imidazole rings is 1. The Morgan fingerprint density at radius 2 is 1.78 bits per heavy atom. The lowest BCUT2D eigenvalue weighted by molar-refractivity contribution is 0.0205. The molecule has 0 spiro atoms. The number of anilines is 1. The Balaban J connectivity index is 1.53. The first-order valence-corrected chi connectivity index (χ1v) is 11.1. The van der Waals surface area contributed by atoms with E-state index in [9.17, 15) is 9.18 Å². The molecular weight excluding hydrogens is 407 g/mol. The van der Waals surface area contributed by atoms with Gasteiger partial charge in [0.15, 0.2) is 0 Å². The van der Waals surface area contributed by atoms with Crippen molar-refractivity contribution in [3.63, 3.8) is 0 Å². The number of ether oxygens (including phenoxy) is 1. The van der Waals surface area contributed by atoms with Crippen LogP contribution in [-0.2, 0) is 11.3 Å². The molecular formula is C25H31FN4O2. The molecule has 0 saturated carbocycles. The fraction of sp³-hybridized carbons (Fsp3) is 0.440. The number of para-hydroxylation sites is 2. The molecule has 0 atom stereocenters. The quantitative estimate of drug-likeness (QED) is 0.571. The van der Waals surface area contributed by atoms with E-state index in [2.05, 4.69) is 22.6 Å². The van der Waals surface area contributed by atoms with Crippen molar-refractivity contribution < 1.29 is 13.9 Å². The molecule has 4 rings (SSSR count). The summed E-state index contributed by atoms with van der Waals surface area (Å²) in [4.78, 5) is 21.3. The molecule has 1 aliphatic heterocycles. The molecule has 1 saturated heterocycles. The Kier molecular flexibility index (Phi) is 6.09. The van der Waals surface area contributed by atoms with Crippen LogP contribution in [0.5, 0.6) is 0 Å². The van der Waals surface area contributed by atoms with Gasteiger partial charge in [0.05, 0.1) is 17.6 Å². The summed E-state index contributed by atoms with van der Waals surface area (Å²) in [5.41, 5.74) is 2.51. The minimum Gasteiger partial charge on any atom is -0.444 e. The molecule has 6 nitrogen and oxygen atoms in total. The number of hydrogen-bond acceptors (Lipinski definition) is 4. The lowest BCUT2D eigenvalue weighted by Gasteiger charge is -2.37. The van der Waals surface area contributed by atoms with Gasteiger partial charge in [-0.05, 0) is 63.4 Å². The summed E-state index contributed by atoms with van der Waals surface area (Å²) >= 11 is 0. The number of benzene rings is 2. The van der Waals surface area contributed by atoms with Gasteiger partial charge in [-0.15, -0.1) is 0 Å². The number of amides is 1. The van der Waals surface area contributed by atoms with Crippen LogP contribution in [0.15, 0.2) is 48.5 Å². The average Bonchev–Trinajstić information content (AvgIpc) is 3.12. The van der Waals surface area contributed by atoms with Gasteiger partial charge in [-0.25, -0.2) is 14.2 Å². The van der Waals surface area contributed by atoms with E-state index in [-0.39, 0.29) is 18.0 Å². The van der Waals surface area contributed by atoms with Gasteiger partial charge in [0.1, 0.15) is 11.4 Å². The van der Waals surface area contributed by atoms with E-state index in [0.29, 0.717) is 19.6 Å². The van der Waals surface area contributed by atoms with Crippen molar-refractivity contribution in [3.8, 4) is 0 Å². The number of piperidine rings is 1. The maximum absolute atomic E-state index is 13.4. The van der Waals surface area contributed by atoms with Crippen molar-refractivity contribution in [1.82, 2.24) is 14.5 Å². The summed E-state index contributed by atoms with van der Waals surface area (Å²) in [5.74, 6) is 0.643. The summed E-state index contributed by atoms with van der Waals surface area (Å²) in [6, 6.07) is 14.9. The molecule has 1 amide bonds. The van der Waals surface area contributed by atoms with Crippen molar-refractivity contribution >= 4 is 23.1 Å². The molecule has 0 aliphatic carbocycles. The number of likely N-dealkylation sites (tertiary alicyclic amines) is 1. The average molecular weight is 439 g/mol. The highest BCUT2D eigenvalue weighted by atomic mass is 19.1. The highest BCUT2D eigenvalue weighted by Crippen LogP contribution is 2.28. The number of carbonyl (C=O) groups excluding carboxylic acids is 1. The zero-order valence-electron chi connectivity index (χ0n) is 19.2. The van der Waals surface area contributed by atoms with E-state index >= 15 is 0 Å². The molecule has 2 heterocycles. The predicted molar refractivity (Wildman–Crippen MR) is 124 cm³/mol. The van der Waals surface area contributed by atoms with Crippen LogP contribution in [0.2, 0.25) is 0 Å². The Morgan fingerprint density at radius 1 is 1.12 bits per heavy atom. The maximum atomic E-state index is 13.4. The van der Waals surface area contributed by atoms with Crippen LogP contribution in [0.3, 0.4) is 0 Å². The zero-order chi connectivity index (χ0) is 22.9. The summed E-state index contributed by atoms with van der Waals surface area (Å²) in [6.07, 6.45) is 1.44. The van der Waals surface area contributed by atoms with Crippen molar-refractivity contribution in [3.05, 3.63) is 59.9 Å². The molecule has 3 aromatic rings. The lowest BCUT2D eigenvalue weighted by atomic mass is 10.0. The van der Waals surface area contributed by atoms with Crippen molar-refractivity contribution in [2.45, 2.75) is 51.8 Å². The Bertz CT molecular complexity index is 1080. The largest absolute Gasteiger partial charge is 0.444 e. The maximum Gasteiger partial charge on any atom is 0.410 e. The fourth-order valence-electron chi connectivity index (χ4n) is 4.19. The van der Waals surface area contributed by atoms with E-state index in [4.69, 9.17) is 9.72 Å². The minimum atomic E-state index is -0.490. The molecule has 1 fully saturated rings. The van der Waals surface area contributed by atoms with Crippen LogP contribution < -0.4 is 4.90 Å². The molecule has 0 unspecified atom stereocenters. The number of aromatic nitrogens is 2. The van der Waals surface area contributed by atoms with Crippen LogP contribution in [-0.4, -0.2) is 52.3 Å². The van der Waals surface area contributed by atoms with Crippen molar-refractivity contribution in [2.75, 3.05) is 25.0 Å². The third kappa shape index (κ3) is 4.87. The minimum absolute atomic E-state index is 0.238. The SMILES string of the molecule is CN(c1nc2ccccc2n1Cc1ccc(F)cc1)C1CCN(C(=O)OC(C)(C)C)CC1. The highest BCUT2D eigenvalue weighted by Gasteiger charge is 2.30. The predicted octanol–water partition coefficient (Wildman–Crippen LogP) is 5.06. The number of hydrogen-bond donors (Lipinski definition) is 0. The second-order valence-corrected chi connectivity index (χ2v) is 9.42. The van der Waals surface area contributed by atoms with Gasteiger partial charge < -0.3 is 19.1 Å². The summed E-state index contributed by atoms with van der Waals surface area (Å²) in [6.45, 7) is 7.58. The van der Waals surface area contributed by atoms with Crippen LogP contribution in [0, 0.1) is 5.82 Å². The first-order valence-electron chi connectivity index (χ1n) is 11.1. The number of rotatable bonds is 4. The zero-order valence-corrected chi connectivity index (χ0v) is 19.2. The third-order valence-electron chi connectivity index (χ3n) is 5.87. The molecule has 2 aromatic carbocycles. The van der Waals surface area contributed by atoms with Gasteiger partial charge in [0, 0.05) is 26.2 Å². The fourth-order valence-corrected chi connectivity index (χ4v) is 4.19. The Morgan fingerprint density at radius 3 is 2.44 bits per heavy atom. The molecule has 0 radical (unpaired) electrons. The summed E-state index contributed by atoms with van der Waals surface area (Å²) in [5, 5.41) is 0. The monoisotopic (exact) mass is 438 g/mol. The molecule has 7 heteroatoms. The molecule has 1 aliphatic rings. The molecule has 32 heavy (non-hydrogen) atoms. The Hall–Kier alpha value is -3.09. The summed E-state index contributed by atoms with van der Waals surface area (Å²) < 4.78 is 21.1. The van der Waals surface area contributed by atoms with Crippen LogP contribution in [0.1, 0.15) is 39.2 Å².